The van der Waals surface area contributed by atoms with Crippen LogP contribution in [-0.4, -0.2) is 53.0 Å². The highest BCUT2D eigenvalue weighted by Crippen LogP contribution is 2.24. The van der Waals surface area contributed by atoms with Gasteiger partial charge in [0.15, 0.2) is 0 Å². The van der Waals surface area contributed by atoms with Crippen molar-refractivity contribution in [1.29, 1.82) is 0 Å². The van der Waals surface area contributed by atoms with E-state index in [1.54, 1.807) is 0 Å². The van der Waals surface area contributed by atoms with Crippen LogP contribution in [0, 0.1) is 0 Å². The molecule has 4 aromatic rings. The van der Waals surface area contributed by atoms with Crippen LogP contribution in [-0.2, 0) is 0 Å². The Hall–Kier alpha value is -3.58. The van der Waals surface area contributed by atoms with Crippen LogP contribution < -0.4 is 20.5 Å². The van der Waals surface area contributed by atoms with Gasteiger partial charge in [-0.25, -0.2) is 0 Å². The predicted octanol–water partition coefficient (Wildman–Crippen LogP) is 1.21. The first-order valence-electron chi connectivity index (χ1n) is 9.96. The third-order valence-corrected chi connectivity index (χ3v) is 5.54. The lowest BCUT2D eigenvalue weighted by Crippen LogP contribution is -2.77. The Labute approximate surface area is 176 Å². The summed E-state index contributed by atoms with van der Waals surface area (Å²) >= 11 is 0. The molecule has 0 bridgehead atoms. The topological polar surface area (TPSA) is 64.2 Å². The maximum atomic E-state index is 4.30. The van der Waals surface area contributed by atoms with Crippen LogP contribution in [0.15, 0.2) is 91.0 Å². The van der Waals surface area contributed by atoms with Gasteiger partial charge in [-0.2, -0.15) is 5.21 Å². The molecule has 1 aliphatic rings. The summed E-state index contributed by atoms with van der Waals surface area (Å²) in [6.45, 7) is 0.614. The molecule has 3 aromatic carbocycles. The summed E-state index contributed by atoms with van der Waals surface area (Å²) in [5, 5.41) is 15.0. The molecular weight excluding hydrogens is 372 g/mol. The van der Waals surface area contributed by atoms with Gasteiger partial charge in [0.1, 0.15) is 0 Å². The summed E-state index contributed by atoms with van der Waals surface area (Å²) in [6, 6.07) is 31.5. The first-order valence-corrected chi connectivity index (χ1v) is 9.96. The highest BCUT2D eigenvalue weighted by molar-refractivity contribution is 6.90. The van der Waals surface area contributed by atoms with E-state index in [1.165, 1.54) is 10.9 Å². The van der Waals surface area contributed by atoms with Crippen molar-refractivity contribution in [1.82, 2.24) is 25.3 Å². The largest absolute Gasteiger partial charge is 0.381 e. The predicted molar refractivity (Wildman–Crippen MR) is 122 cm³/mol. The van der Waals surface area contributed by atoms with E-state index in [-0.39, 0.29) is 14.0 Å². The molecule has 5 rings (SSSR count). The van der Waals surface area contributed by atoms with Crippen molar-refractivity contribution in [3.63, 3.8) is 0 Å². The van der Waals surface area contributed by atoms with E-state index in [4.69, 9.17) is 0 Å². The van der Waals surface area contributed by atoms with Gasteiger partial charge in [0.05, 0.1) is 6.67 Å². The Bertz CT molecular complexity index is 1060. The van der Waals surface area contributed by atoms with E-state index in [2.05, 4.69) is 121 Å². The molecule has 0 unspecified atom stereocenters. The summed E-state index contributed by atoms with van der Waals surface area (Å²) in [5.41, 5.74) is 3.55. The molecule has 146 valence electrons. The second-order valence-electron chi connectivity index (χ2n) is 7.36. The Kier molecular flexibility index (Phi) is 4.94. The molecule has 0 amide bonds. The van der Waals surface area contributed by atoms with Crippen molar-refractivity contribution < 1.29 is 0 Å². The van der Waals surface area contributed by atoms with Gasteiger partial charge in [-0.3, -0.25) is 0 Å². The molecule has 30 heavy (non-hydrogen) atoms. The molecule has 0 saturated carbocycles. The average molecular weight is 393 g/mol. The highest BCUT2D eigenvalue weighted by Gasteiger charge is 2.47. The number of hydrogen-bond acceptors (Lipinski definition) is 6. The SMILES string of the molecule is CN1B(c2ccccc2)N(c2ccccc2)CN(c2nn[nH]n2)B1c1ccccc1. The molecule has 9 heteroatoms. The molecule has 7 nitrogen and oxygen atoms in total. The fourth-order valence-corrected chi connectivity index (χ4v) is 4.27. The molecule has 0 spiro atoms. The van der Waals surface area contributed by atoms with Gasteiger partial charge >= 0.3 is 14.0 Å². The maximum absolute atomic E-state index is 4.30. The Morgan fingerprint density at radius 1 is 0.733 bits per heavy atom. The zero-order chi connectivity index (χ0) is 20.3. The summed E-state index contributed by atoms with van der Waals surface area (Å²) in [5.74, 6) is 0.572. The second-order valence-corrected chi connectivity index (χ2v) is 7.36. The molecule has 1 aromatic heterocycles. The van der Waals surface area contributed by atoms with Crippen LogP contribution >= 0.6 is 0 Å². The number of hydrogen-bond donors (Lipinski definition) is 1. The number of aromatic nitrogens is 4. The fourth-order valence-electron chi connectivity index (χ4n) is 4.27. The molecule has 1 saturated heterocycles. The molecule has 2 heterocycles. The van der Waals surface area contributed by atoms with E-state index >= 15 is 0 Å². The number of anilines is 2. The fraction of sp³-hybridized carbons (Fsp3) is 0.0952. The molecule has 0 atom stereocenters. The number of nitrogens with one attached hydrogen (secondary N) is 1. The quantitative estimate of drug-likeness (QED) is 0.526. The van der Waals surface area contributed by atoms with Crippen molar-refractivity contribution >= 4 is 36.5 Å². The van der Waals surface area contributed by atoms with Crippen LogP contribution in [0.25, 0.3) is 0 Å². The van der Waals surface area contributed by atoms with Crippen LogP contribution in [0.1, 0.15) is 0 Å². The van der Waals surface area contributed by atoms with Crippen molar-refractivity contribution in [3.8, 4) is 0 Å². The molecule has 1 aliphatic heterocycles. The number of rotatable bonds is 4. The minimum Gasteiger partial charge on any atom is -0.381 e. The lowest BCUT2D eigenvalue weighted by molar-refractivity contribution is 0.727. The number of benzene rings is 3. The van der Waals surface area contributed by atoms with Gasteiger partial charge < -0.3 is 14.3 Å². The monoisotopic (exact) mass is 393 g/mol. The van der Waals surface area contributed by atoms with Gasteiger partial charge in [0.2, 0.25) is 0 Å². The zero-order valence-electron chi connectivity index (χ0n) is 16.7. The maximum Gasteiger partial charge on any atom is 0.372 e. The molecule has 0 aliphatic carbocycles. The van der Waals surface area contributed by atoms with Gasteiger partial charge in [-0.05, 0) is 35.3 Å². The molecule has 1 N–H and O–H groups in total. The minimum atomic E-state index is -0.0473. The normalized spacial score (nSPS) is 15.0. The van der Waals surface area contributed by atoms with Gasteiger partial charge in [-0.1, -0.05) is 84.0 Å². The Morgan fingerprint density at radius 2 is 1.27 bits per heavy atom. The van der Waals surface area contributed by atoms with E-state index < -0.39 is 0 Å². The zero-order valence-corrected chi connectivity index (χ0v) is 16.7. The van der Waals surface area contributed by atoms with Gasteiger partial charge in [-0.15, -0.1) is 5.10 Å². The van der Waals surface area contributed by atoms with Crippen LogP contribution in [0.3, 0.4) is 0 Å². The van der Waals surface area contributed by atoms with E-state index in [0.29, 0.717) is 12.6 Å². The lowest BCUT2D eigenvalue weighted by Gasteiger charge is -2.49. The van der Waals surface area contributed by atoms with Crippen molar-refractivity contribution in [2.75, 3.05) is 23.3 Å². The summed E-state index contributed by atoms with van der Waals surface area (Å²) in [7, 11) is 2.15. The van der Waals surface area contributed by atoms with Crippen molar-refractivity contribution in [2.45, 2.75) is 0 Å². The summed E-state index contributed by atoms with van der Waals surface area (Å²) in [4.78, 5) is 4.54. The Morgan fingerprint density at radius 3 is 1.80 bits per heavy atom. The molecule has 1 fully saturated rings. The average Bonchev–Trinajstić information content (AvgIpc) is 3.35. The van der Waals surface area contributed by atoms with Gasteiger partial charge in [0.25, 0.3) is 5.95 Å². The van der Waals surface area contributed by atoms with Crippen molar-refractivity contribution in [3.05, 3.63) is 91.0 Å². The number of tetrazole rings is 1. The van der Waals surface area contributed by atoms with Gasteiger partial charge in [0, 0.05) is 5.69 Å². The van der Waals surface area contributed by atoms with Crippen LogP contribution in [0.4, 0.5) is 11.6 Å². The van der Waals surface area contributed by atoms with E-state index in [0.717, 1.165) is 5.69 Å². The minimum absolute atomic E-state index is 0.0435. The summed E-state index contributed by atoms with van der Waals surface area (Å²) < 4.78 is 2.36. The smallest absolute Gasteiger partial charge is 0.372 e. The number of para-hydroxylation sites is 1. The lowest BCUT2D eigenvalue weighted by atomic mass is 9.49. The van der Waals surface area contributed by atoms with Crippen LogP contribution in [0.2, 0.25) is 0 Å². The third-order valence-electron chi connectivity index (χ3n) is 5.54. The van der Waals surface area contributed by atoms with E-state index in [9.17, 15) is 0 Å². The number of aromatic amines is 1. The molecule has 0 radical (unpaired) electrons. The first kappa shape index (κ1) is 18.4. The van der Waals surface area contributed by atoms with E-state index in [1.807, 2.05) is 12.1 Å². The standard InChI is InChI=1S/C21H21B2N7/c1-28-22(18-11-5-2-6-12-18)29(20-15-9-4-10-16-20)17-30(21-24-26-27-25-21)23(28)19-13-7-3-8-14-19/h2-16H,17H2,1H3,(H,24,25,26,27). The molecular formula is C21H21B2N7. The summed E-state index contributed by atoms with van der Waals surface area (Å²) in [6.07, 6.45) is 0. The third kappa shape index (κ3) is 3.33. The first-order chi connectivity index (χ1) is 14.8. The number of nitrogens with zero attached hydrogens (tertiary/aromatic N) is 6. The second kappa shape index (κ2) is 8.04. The van der Waals surface area contributed by atoms with Crippen LogP contribution in [0.5, 0.6) is 0 Å². The number of H-pyrrole nitrogens is 1. The van der Waals surface area contributed by atoms with Crippen molar-refractivity contribution in [2.24, 2.45) is 0 Å². The highest BCUT2D eigenvalue weighted by atomic mass is 15.5. The Balaban J connectivity index is 1.65.